The van der Waals surface area contributed by atoms with Gasteiger partial charge >= 0.3 is 0 Å². The third-order valence-electron chi connectivity index (χ3n) is 6.46. The molecule has 1 aliphatic carbocycles. The molecule has 0 spiro atoms. The SMILES string of the molecule is Cc1ccccc1C(=O)NCc1ccc(-c2nn(CC3CCCCC3)c(N)c2C(N)=O)cc1. The van der Waals surface area contributed by atoms with Crippen LogP contribution < -0.4 is 16.8 Å². The van der Waals surface area contributed by atoms with Crippen LogP contribution >= 0.6 is 0 Å². The number of primary amides is 1. The lowest BCUT2D eigenvalue weighted by Crippen LogP contribution is -2.23. The Balaban J connectivity index is 1.49. The smallest absolute Gasteiger partial charge is 0.254 e. The monoisotopic (exact) mass is 445 g/mol. The van der Waals surface area contributed by atoms with Gasteiger partial charge < -0.3 is 16.8 Å². The first-order valence-corrected chi connectivity index (χ1v) is 11.5. The van der Waals surface area contributed by atoms with Crippen molar-refractivity contribution in [2.75, 3.05) is 5.73 Å². The molecular weight excluding hydrogens is 414 g/mol. The minimum Gasteiger partial charge on any atom is -0.383 e. The van der Waals surface area contributed by atoms with E-state index in [4.69, 9.17) is 11.5 Å². The Morgan fingerprint density at radius 2 is 1.76 bits per heavy atom. The molecule has 0 aliphatic heterocycles. The van der Waals surface area contributed by atoms with Crippen LogP contribution in [0.1, 0.15) is 63.9 Å². The van der Waals surface area contributed by atoms with Crippen LogP contribution in [0.2, 0.25) is 0 Å². The summed E-state index contributed by atoms with van der Waals surface area (Å²) in [7, 11) is 0. The molecule has 5 N–H and O–H groups in total. The topological polar surface area (TPSA) is 116 Å². The van der Waals surface area contributed by atoms with Gasteiger partial charge in [-0.15, -0.1) is 0 Å². The fourth-order valence-electron chi connectivity index (χ4n) is 4.56. The Bertz CT molecular complexity index is 1140. The van der Waals surface area contributed by atoms with Crippen LogP contribution in [0.3, 0.4) is 0 Å². The highest BCUT2D eigenvalue weighted by Crippen LogP contribution is 2.30. The second-order valence-corrected chi connectivity index (χ2v) is 8.85. The molecule has 4 rings (SSSR count). The predicted molar refractivity (Wildman–Crippen MR) is 130 cm³/mol. The van der Waals surface area contributed by atoms with Crippen molar-refractivity contribution in [1.29, 1.82) is 0 Å². The van der Waals surface area contributed by atoms with Gasteiger partial charge in [0, 0.05) is 24.2 Å². The van der Waals surface area contributed by atoms with E-state index in [0.29, 0.717) is 36.1 Å². The number of hydrogen-bond acceptors (Lipinski definition) is 4. The predicted octanol–water partition coefficient (Wildman–Crippen LogP) is 4.05. The van der Waals surface area contributed by atoms with Crippen molar-refractivity contribution in [3.63, 3.8) is 0 Å². The first-order chi connectivity index (χ1) is 15.9. The molecule has 1 saturated carbocycles. The maximum Gasteiger partial charge on any atom is 0.254 e. The van der Waals surface area contributed by atoms with Crippen LogP contribution in [0.15, 0.2) is 48.5 Å². The molecule has 1 fully saturated rings. The summed E-state index contributed by atoms with van der Waals surface area (Å²) in [4.78, 5) is 24.6. The number of aromatic nitrogens is 2. The number of anilines is 1. The van der Waals surface area contributed by atoms with Crippen molar-refractivity contribution in [2.45, 2.75) is 52.1 Å². The molecule has 0 radical (unpaired) electrons. The highest BCUT2D eigenvalue weighted by Gasteiger charge is 2.23. The van der Waals surface area contributed by atoms with Crippen LogP contribution in [0.4, 0.5) is 5.82 Å². The molecule has 33 heavy (non-hydrogen) atoms. The van der Waals surface area contributed by atoms with E-state index in [1.54, 1.807) is 4.68 Å². The number of benzene rings is 2. The van der Waals surface area contributed by atoms with Crippen LogP contribution in [0.25, 0.3) is 11.3 Å². The number of nitrogen functional groups attached to an aromatic ring is 1. The summed E-state index contributed by atoms with van der Waals surface area (Å²) in [6, 6.07) is 15.1. The molecule has 1 heterocycles. The number of carbonyl (C=O) groups excluding carboxylic acids is 2. The van der Waals surface area contributed by atoms with Crippen molar-refractivity contribution < 1.29 is 9.59 Å². The minimum absolute atomic E-state index is 0.109. The van der Waals surface area contributed by atoms with Gasteiger partial charge in [0.15, 0.2) is 0 Å². The van der Waals surface area contributed by atoms with Gasteiger partial charge in [-0.25, -0.2) is 4.68 Å². The van der Waals surface area contributed by atoms with E-state index in [-0.39, 0.29) is 11.5 Å². The zero-order valence-electron chi connectivity index (χ0n) is 19.0. The maximum atomic E-state index is 12.5. The summed E-state index contributed by atoms with van der Waals surface area (Å²) in [5.41, 5.74) is 16.0. The van der Waals surface area contributed by atoms with Crippen molar-refractivity contribution in [2.24, 2.45) is 11.7 Å². The summed E-state index contributed by atoms with van der Waals surface area (Å²) in [5, 5.41) is 7.62. The largest absolute Gasteiger partial charge is 0.383 e. The number of amides is 2. The number of nitrogens with one attached hydrogen (secondary N) is 1. The van der Waals surface area contributed by atoms with Gasteiger partial charge in [-0.05, 0) is 42.9 Å². The lowest BCUT2D eigenvalue weighted by Gasteiger charge is -2.21. The number of hydrogen-bond donors (Lipinski definition) is 3. The molecular formula is C26H31N5O2. The van der Waals surface area contributed by atoms with Gasteiger partial charge in [0.25, 0.3) is 11.8 Å². The molecule has 7 nitrogen and oxygen atoms in total. The van der Waals surface area contributed by atoms with Gasteiger partial charge in [0.05, 0.1) is 0 Å². The quantitative estimate of drug-likeness (QED) is 0.509. The van der Waals surface area contributed by atoms with E-state index < -0.39 is 5.91 Å². The maximum absolute atomic E-state index is 12.5. The lowest BCUT2D eigenvalue weighted by atomic mass is 9.89. The molecule has 0 bridgehead atoms. The van der Waals surface area contributed by atoms with Crippen molar-refractivity contribution in [1.82, 2.24) is 15.1 Å². The van der Waals surface area contributed by atoms with Gasteiger partial charge in [-0.3, -0.25) is 9.59 Å². The molecule has 0 unspecified atom stereocenters. The number of rotatable bonds is 7. The second-order valence-electron chi connectivity index (χ2n) is 8.85. The first kappa shape index (κ1) is 22.6. The van der Waals surface area contributed by atoms with Crippen molar-refractivity contribution in [3.8, 4) is 11.3 Å². The number of nitrogens with zero attached hydrogens (tertiary/aromatic N) is 2. The van der Waals surface area contributed by atoms with E-state index in [0.717, 1.165) is 29.5 Å². The zero-order chi connectivity index (χ0) is 23.4. The Morgan fingerprint density at radius 1 is 1.06 bits per heavy atom. The summed E-state index contributed by atoms with van der Waals surface area (Å²) in [5.74, 6) is 0.167. The lowest BCUT2D eigenvalue weighted by molar-refractivity contribution is 0.0949. The highest BCUT2D eigenvalue weighted by molar-refractivity contribution is 6.03. The van der Waals surface area contributed by atoms with E-state index in [2.05, 4.69) is 10.4 Å². The van der Waals surface area contributed by atoms with E-state index in [1.807, 2.05) is 55.5 Å². The molecule has 0 atom stereocenters. The molecule has 7 heteroatoms. The number of nitrogens with two attached hydrogens (primary N) is 2. The van der Waals surface area contributed by atoms with E-state index in [1.165, 1.54) is 19.3 Å². The molecule has 1 aliphatic rings. The van der Waals surface area contributed by atoms with Crippen LogP contribution in [0, 0.1) is 12.8 Å². The molecule has 3 aromatic rings. The Kier molecular flexibility index (Phi) is 6.77. The van der Waals surface area contributed by atoms with Crippen LogP contribution in [-0.4, -0.2) is 21.6 Å². The molecule has 172 valence electrons. The summed E-state index contributed by atoms with van der Waals surface area (Å²) in [6.45, 7) is 3.02. The standard InChI is InChI=1S/C26H31N5O2/c1-17-7-5-6-10-21(17)26(33)29-15-18-11-13-20(14-12-18)23-22(25(28)32)24(27)31(30-23)16-19-8-3-2-4-9-19/h5-7,10-14,19H,2-4,8-9,15-16,27H2,1H3,(H2,28,32)(H,29,33). The van der Waals surface area contributed by atoms with E-state index >= 15 is 0 Å². The van der Waals surface area contributed by atoms with Crippen molar-refractivity contribution in [3.05, 3.63) is 70.8 Å². The van der Waals surface area contributed by atoms with Crippen molar-refractivity contribution >= 4 is 17.6 Å². The molecule has 2 aromatic carbocycles. The highest BCUT2D eigenvalue weighted by atomic mass is 16.2. The first-order valence-electron chi connectivity index (χ1n) is 11.5. The fourth-order valence-corrected chi connectivity index (χ4v) is 4.56. The third kappa shape index (κ3) is 5.08. The van der Waals surface area contributed by atoms with E-state index in [9.17, 15) is 9.59 Å². The normalized spacial score (nSPS) is 14.2. The fraction of sp³-hybridized carbons (Fsp3) is 0.346. The van der Waals surface area contributed by atoms with Gasteiger partial charge in [0.1, 0.15) is 17.1 Å². The van der Waals surface area contributed by atoms with Gasteiger partial charge in [-0.2, -0.15) is 5.10 Å². The second kappa shape index (κ2) is 9.90. The molecule has 1 aromatic heterocycles. The van der Waals surface area contributed by atoms with Crippen LogP contribution in [-0.2, 0) is 13.1 Å². The Morgan fingerprint density at radius 3 is 2.42 bits per heavy atom. The molecule has 2 amide bonds. The number of aryl methyl sites for hydroxylation is 1. The average Bonchev–Trinajstić information content (AvgIpc) is 3.15. The van der Waals surface area contributed by atoms with Gasteiger partial charge in [0.2, 0.25) is 0 Å². The Labute approximate surface area is 194 Å². The Hall–Kier alpha value is -3.61. The minimum atomic E-state index is -0.577. The summed E-state index contributed by atoms with van der Waals surface area (Å²) in [6.07, 6.45) is 6.04. The summed E-state index contributed by atoms with van der Waals surface area (Å²) < 4.78 is 1.74. The van der Waals surface area contributed by atoms with Gasteiger partial charge in [-0.1, -0.05) is 61.7 Å². The number of carbonyl (C=O) groups is 2. The van der Waals surface area contributed by atoms with Crippen LogP contribution in [0.5, 0.6) is 0 Å². The average molecular weight is 446 g/mol. The summed E-state index contributed by atoms with van der Waals surface area (Å²) >= 11 is 0. The zero-order valence-corrected chi connectivity index (χ0v) is 19.0. The third-order valence-corrected chi connectivity index (χ3v) is 6.46. The molecule has 0 saturated heterocycles.